The maximum atomic E-state index is 3.43. The highest BCUT2D eigenvalue weighted by Gasteiger charge is 2.07. The lowest BCUT2D eigenvalue weighted by Crippen LogP contribution is -2.23. The summed E-state index contributed by atoms with van der Waals surface area (Å²) in [6.45, 7) is 7.27. The van der Waals surface area contributed by atoms with Gasteiger partial charge in [-0.15, -0.1) is 0 Å². The molecule has 0 saturated heterocycles. The van der Waals surface area contributed by atoms with Crippen LogP contribution in [-0.4, -0.2) is 20.1 Å². The maximum Gasteiger partial charge on any atom is 0.0409 e. The maximum absolute atomic E-state index is 3.43. The Hall–Kier alpha value is -1.80. The first-order chi connectivity index (χ1) is 10.2. The Labute approximate surface area is 128 Å². The number of anilines is 1. The van der Waals surface area contributed by atoms with Crippen molar-refractivity contribution in [2.45, 2.75) is 26.8 Å². The van der Waals surface area contributed by atoms with E-state index >= 15 is 0 Å². The summed E-state index contributed by atoms with van der Waals surface area (Å²) in [5, 5.41) is 3.43. The summed E-state index contributed by atoms with van der Waals surface area (Å²) in [6.07, 6.45) is 1.08. The first-order valence-corrected chi connectivity index (χ1v) is 7.76. The van der Waals surface area contributed by atoms with Crippen LogP contribution in [0.5, 0.6) is 0 Å². The van der Waals surface area contributed by atoms with E-state index in [1.54, 1.807) is 0 Å². The number of benzene rings is 2. The van der Waals surface area contributed by atoms with Gasteiger partial charge in [0.25, 0.3) is 0 Å². The van der Waals surface area contributed by atoms with Crippen LogP contribution in [0.15, 0.2) is 48.5 Å². The van der Waals surface area contributed by atoms with Gasteiger partial charge in [-0.25, -0.2) is 0 Å². The van der Waals surface area contributed by atoms with Crippen LogP contribution in [0.2, 0.25) is 0 Å². The van der Waals surface area contributed by atoms with E-state index in [1.165, 1.54) is 22.4 Å². The number of aryl methyl sites for hydroxylation is 1. The van der Waals surface area contributed by atoms with E-state index < -0.39 is 0 Å². The molecule has 0 aliphatic carbocycles. The molecule has 2 nitrogen and oxygen atoms in total. The molecule has 0 spiro atoms. The second-order valence-corrected chi connectivity index (χ2v) is 5.57. The van der Waals surface area contributed by atoms with E-state index in [9.17, 15) is 0 Å². The lowest BCUT2D eigenvalue weighted by atomic mass is 10.1. The zero-order valence-electron chi connectivity index (χ0n) is 13.4. The van der Waals surface area contributed by atoms with Gasteiger partial charge in [-0.05, 0) is 37.1 Å². The summed E-state index contributed by atoms with van der Waals surface area (Å²) in [6, 6.07) is 17.4. The summed E-state index contributed by atoms with van der Waals surface area (Å²) >= 11 is 0. The standard InChI is InChI=1S/C19H26N2/c1-4-20-15-18-14-16(2)10-11-19(18)21(3)13-12-17-8-6-5-7-9-17/h5-11,14,20H,4,12-13,15H2,1-3H3. The highest BCUT2D eigenvalue weighted by molar-refractivity contribution is 5.54. The number of hydrogen-bond acceptors (Lipinski definition) is 2. The van der Waals surface area contributed by atoms with Crippen molar-refractivity contribution in [3.05, 3.63) is 65.2 Å². The van der Waals surface area contributed by atoms with E-state index in [0.717, 1.165) is 26.1 Å². The van der Waals surface area contributed by atoms with Gasteiger partial charge in [0.1, 0.15) is 0 Å². The quantitative estimate of drug-likeness (QED) is 0.831. The predicted octanol–water partition coefficient (Wildman–Crippen LogP) is 3.78. The molecule has 0 amide bonds. The fraction of sp³-hybridized carbons (Fsp3) is 0.368. The molecule has 0 aromatic heterocycles. The average Bonchev–Trinajstić information content (AvgIpc) is 2.51. The highest BCUT2D eigenvalue weighted by atomic mass is 15.1. The SMILES string of the molecule is CCNCc1cc(C)ccc1N(C)CCc1ccccc1. The second kappa shape index (κ2) is 7.84. The van der Waals surface area contributed by atoms with Crippen molar-refractivity contribution in [1.29, 1.82) is 0 Å². The molecule has 21 heavy (non-hydrogen) atoms. The van der Waals surface area contributed by atoms with Gasteiger partial charge in [0, 0.05) is 25.8 Å². The van der Waals surface area contributed by atoms with Crippen molar-refractivity contribution < 1.29 is 0 Å². The molecule has 2 heteroatoms. The van der Waals surface area contributed by atoms with E-state index in [-0.39, 0.29) is 0 Å². The molecule has 0 heterocycles. The first kappa shape index (κ1) is 15.6. The van der Waals surface area contributed by atoms with Crippen molar-refractivity contribution in [1.82, 2.24) is 5.32 Å². The minimum absolute atomic E-state index is 0.934. The monoisotopic (exact) mass is 282 g/mol. The molecule has 0 unspecified atom stereocenters. The molecule has 0 bridgehead atoms. The summed E-state index contributed by atoms with van der Waals surface area (Å²) in [4.78, 5) is 2.36. The molecule has 112 valence electrons. The predicted molar refractivity (Wildman–Crippen MR) is 92.0 cm³/mol. The van der Waals surface area contributed by atoms with Crippen molar-refractivity contribution in [2.75, 3.05) is 25.0 Å². The molecular formula is C19H26N2. The number of hydrogen-bond donors (Lipinski definition) is 1. The molecule has 0 aliphatic heterocycles. The zero-order valence-corrected chi connectivity index (χ0v) is 13.4. The number of likely N-dealkylation sites (N-methyl/N-ethyl adjacent to an activating group) is 1. The lowest BCUT2D eigenvalue weighted by molar-refractivity contribution is 0.722. The van der Waals surface area contributed by atoms with Gasteiger partial charge in [0.2, 0.25) is 0 Å². The van der Waals surface area contributed by atoms with Gasteiger partial charge < -0.3 is 10.2 Å². The van der Waals surface area contributed by atoms with Crippen molar-refractivity contribution in [3.63, 3.8) is 0 Å². The van der Waals surface area contributed by atoms with Crippen LogP contribution >= 0.6 is 0 Å². The topological polar surface area (TPSA) is 15.3 Å². The van der Waals surface area contributed by atoms with E-state index in [2.05, 4.69) is 79.6 Å². The summed E-state index contributed by atoms with van der Waals surface area (Å²) in [5.41, 5.74) is 5.43. The van der Waals surface area contributed by atoms with Gasteiger partial charge in [-0.3, -0.25) is 0 Å². The van der Waals surface area contributed by atoms with Gasteiger partial charge in [-0.2, -0.15) is 0 Å². The first-order valence-electron chi connectivity index (χ1n) is 7.76. The van der Waals surface area contributed by atoms with Crippen LogP contribution in [0, 0.1) is 6.92 Å². The normalized spacial score (nSPS) is 10.6. The molecule has 0 radical (unpaired) electrons. The highest BCUT2D eigenvalue weighted by Crippen LogP contribution is 2.21. The van der Waals surface area contributed by atoms with Crippen LogP contribution in [-0.2, 0) is 13.0 Å². The Morgan fingerprint density at radius 2 is 1.81 bits per heavy atom. The van der Waals surface area contributed by atoms with E-state index in [0.29, 0.717) is 0 Å². The molecule has 0 saturated carbocycles. The van der Waals surface area contributed by atoms with Gasteiger partial charge in [0.05, 0.1) is 0 Å². The second-order valence-electron chi connectivity index (χ2n) is 5.57. The molecule has 2 aromatic rings. The third-order valence-corrected chi connectivity index (χ3v) is 3.79. The Morgan fingerprint density at radius 3 is 2.52 bits per heavy atom. The van der Waals surface area contributed by atoms with Crippen LogP contribution in [0.4, 0.5) is 5.69 Å². The molecule has 1 N–H and O–H groups in total. The smallest absolute Gasteiger partial charge is 0.0409 e. The number of rotatable bonds is 7. The molecule has 2 rings (SSSR count). The van der Waals surface area contributed by atoms with Crippen molar-refractivity contribution in [2.24, 2.45) is 0 Å². The number of nitrogens with one attached hydrogen (secondary N) is 1. The van der Waals surface area contributed by atoms with Crippen LogP contribution < -0.4 is 10.2 Å². The lowest BCUT2D eigenvalue weighted by Gasteiger charge is -2.23. The van der Waals surface area contributed by atoms with Gasteiger partial charge >= 0.3 is 0 Å². The zero-order chi connectivity index (χ0) is 15.1. The van der Waals surface area contributed by atoms with Crippen molar-refractivity contribution >= 4 is 5.69 Å². The summed E-state index contributed by atoms with van der Waals surface area (Å²) in [7, 11) is 2.18. The Balaban J connectivity index is 2.05. The molecular weight excluding hydrogens is 256 g/mol. The summed E-state index contributed by atoms with van der Waals surface area (Å²) in [5.74, 6) is 0. The largest absolute Gasteiger partial charge is 0.374 e. The molecule has 0 aliphatic rings. The number of nitrogens with zero attached hydrogens (tertiary/aromatic N) is 1. The minimum atomic E-state index is 0.934. The van der Waals surface area contributed by atoms with E-state index in [4.69, 9.17) is 0 Å². The molecule has 0 fully saturated rings. The van der Waals surface area contributed by atoms with Gasteiger partial charge in [0.15, 0.2) is 0 Å². The van der Waals surface area contributed by atoms with Crippen molar-refractivity contribution in [3.8, 4) is 0 Å². The van der Waals surface area contributed by atoms with Crippen LogP contribution in [0.1, 0.15) is 23.6 Å². The molecule has 2 aromatic carbocycles. The average molecular weight is 282 g/mol. The van der Waals surface area contributed by atoms with Crippen LogP contribution in [0.3, 0.4) is 0 Å². The Morgan fingerprint density at radius 1 is 1.05 bits per heavy atom. The third kappa shape index (κ3) is 4.61. The third-order valence-electron chi connectivity index (χ3n) is 3.79. The minimum Gasteiger partial charge on any atom is -0.374 e. The Kier molecular flexibility index (Phi) is 5.82. The van der Waals surface area contributed by atoms with E-state index in [1.807, 2.05) is 0 Å². The van der Waals surface area contributed by atoms with Crippen LogP contribution in [0.25, 0.3) is 0 Å². The van der Waals surface area contributed by atoms with Gasteiger partial charge in [-0.1, -0.05) is 55.0 Å². The fourth-order valence-electron chi connectivity index (χ4n) is 2.55. The fourth-order valence-corrected chi connectivity index (χ4v) is 2.55. The summed E-state index contributed by atoms with van der Waals surface area (Å²) < 4.78 is 0. The molecule has 0 atom stereocenters. The Bertz CT molecular complexity index is 549.